The fraction of sp³-hybridized carbons (Fsp3) is 0.320. The summed E-state index contributed by atoms with van der Waals surface area (Å²) in [5, 5.41) is 5.31. The van der Waals surface area contributed by atoms with E-state index in [-0.39, 0.29) is 0 Å². The van der Waals surface area contributed by atoms with E-state index in [1.165, 1.54) is 117 Å². The quantitative estimate of drug-likeness (QED) is 0.106. The lowest BCUT2D eigenvalue weighted by Gasteiger charge is -2.12. The number of aromatic nitrogens is 4. The van der Waals surface area contributed by atoms with Crippen LogP contribution in [0.3, 0.4) is 0 Å². The molecule has 54 heavy (non-hydrogen) atoms. The Balaban J connectivity index is 1.24. The minimum absolute atomic E-state index is 1.06. The normalized spacial score (nSPS) is 11.9. The second-order valence-electron chi connectivity index (χ2n) is 15.4. The highest BCUT2D eigenvalue weighted by Gasteiger charge is 2.17. The fourth-order valence-corrected chi connectivity index (χ4v) is 8.35. The van der Waals surface area contributed by atoms with Gasteiger partial charge in [-0.25, -0.2) is 0 Å². The Hall–Kier alpha value is -5.22. The molecule has 0 aliphatic carbocycles. The first-order chi connectivity index (χ1) is 26.6. The minimum Gasteiger partial charge on any atom is -0.308 e. The summed E-state index contributed by atoms with van der Waals surface area (Å²) >= 11 is 0. The first-order valence-electron chi connectivity index (χ1n) is 20.6. The molecule has 0 aliphatic heterocycles. The van der Waals surface area contributed by atoms with Gasteiger partial charge in [0.25, 0.3) is 0 Å². The highest BCUT2D eigenvalue weighted by Crippen LogP contribution is 2.37. The van der Waals surface area contributed by atoms with Gasteiger partial charge in [-0.3, -0.25) is 9.97 Å². The van der Waals surface area contributed by atoms with E-state index in [0.717, 1.165) is 48.2 Å². The van der Waals surface area contributed by atoms with Gasteiger partial charge in [-0.2, -0.15) is 0 Å². The van der Waals surface area contributed by atoms with Crippen LogP contribution >= 0.6 is 0 Å². The minimum atomic E-state index is 1.06. The predicted molar refractivity (Wildman–Crippen MR) is 231 cm³/mol. The molecule has 0 aliphatic rings. The van der Waals surface area contributed by atoms with Gasteiger partial charge in [0.15, 0.2) is 0 Å². The molecule has 4 heteroatoms. The highest BCUT2D eigenvalue weighted by molar-refractivity contribution is 6.11. The van der Waals surface area contributed by atoms with Crippen molar-refractivity contribution >= 4 is 43.6 Å². The Morgan fingerprint density at radius 3 is 0.944 bits per heavy atom. The highest BCUT2D eigenvalue weighted by atomic mass is 15.0. The fourth-order valence-electron chi connectivity index (χ4n) is 8.35. The maximum absolute atomic E-state index is 4.85. The molecule has 8 rings (SSSR count). The Morgan fingerprint density at radius 2 is 0.667 bits per heavy atom. The van der Waals surface area contributed by atoms with Gasteiger partial charge in [0.1, 0.15) is 0 Å². The van der Waals surface area contributed by atoms with E-state index < -0.39 is 0 Å². The van der Waals surface area contributed by atoms with E-state index in [9.17, 15) is 0 Å². The van der Waals surface area contributed by atoms with Crippen LogP contribution in [-0.2, 0) is 25.7 Å². The number of aryl methyl sites for hydroxylation is 4. The van der Waals surface area contributed by atoms with Crippen molar-refractivity contribution in [3.05, 3.63) is 132 Å². The number of benzene rings is 4. The third-order valence-corrected chi connectivity index (χ3v) is 11.4. The maximum Gasteiger partial charge on any atom is 0.0651 e. The molecule has 8 aromatic rings. The number of hydrogen-bond donors (Lipinski definition) is 0. The summed E-state index contributed by atoms with van der Waals surface area (Å²) in [6.45, 7) is 9.08. The zero-order valence-electron chi connectivity index (χ0n) is 32.7. The van der Waals surface area contributed by atoms with Crippen molar-refractivity contribution in [3.63, 3.8) is 0 Å². The first-order valence-corrected chi connectivity index (χ1v) is 20.6. The summed E-state index contributed by atoms with van der Waals surface area (Å²) in [4.78, 5) is 9.70. The lowest BCUT2D eigenvalue weighted by atomic mass is 10.0. The summed E-state index contributed by atoms with van der Waals surface area (Å²) in [5.74, 6) is 0. The van der Waals surface area contributed by atoms with Crippen LogP contribution in [0.15, 0.2) is 110 Å². The van der Waals surface area contributed by atoms with Gasteiger partial charge in [-0.1, -0.05) is 77.6 Å². The number of fused-ring (bicyclic) bond motifs is 6. The van der Waals surface area contributed by atoms with Crippen LogP contribution in [0.4, 0.5) is 0 Å². The van der Waals surface area contributed by atoms with Crippen LogP contribution in [0.5, 0.6) is 0 Å². The molecule has 0 atom stereocenters. The van der Waals surface area contributed by atoms with Crippen LogP contribution < -0.4 is 0 Å². The summed E-state index contributed by atoms with van der Waals surface area (Å²) in [5.41, 5.74) is 14.8. The van der Waals surface area contributed by atoms with E-state index in [2.05, 4.69) is 122 Å². The van der Waals surface area contributed by atoms with Crippen molar-refractivity contribution in [3.8, 4) is 22.5 Å². The topological polar surface area (TPSA) is 35.6 Å². The second-order valence-corrected chi connectivity index (χ2v) is 15.4. The Bertz CT molecular complexity index is 2260. The monoisotopic (exact) mass is 710 g/mol. The van der Waals surface area contributed by atoms with Crippen LogP contribution in [0.1, 0.15) is 101 Å². The van der Waals surface area contributed by atoms with Gasteiger partial charge >= 0.3 is 0 Å². The molecule has 0 radical (unpaired) electrons. The van der Waals surface area contributed by atoms with E-state index in [0.29, 0.717) is 0 Å². The lowest BCUT2D eigenvalue weighted by molar-refractivity contribution is 0.795. The van der Waals surface area contributed by atoms with Crippen molar-refractivity contribution in [2.24, 2.45) is 0 Å². The Morgan fingerprint density at radius 1 is 0.370 bits per heavy atom. The molecule has 0 unspecified atom stereocenters. The molecule has 4 aromatic heterocycles. The molecule has 0 saturated carbocycles. The molecule has 0 fully saturated rings. The van der Waals surface area contributed by atoms with Crippen LogP contribution in [0.25, 0.3) is 66.1 Å². The molecule has 0 spiro atoms. The molecule has 0 amide bonds. The summed E-state index contributed by atoms with van der Waals surface area (Å²) < 4.78 is 4.82. The van der Waals surface area contributed by atoms with Crippen molar-refractivity contribution in [1.82, 2.24) is 19.1 Å². The van der Waals surface area contributed by atoms with Gasteiger partial charge in [0.2, 0.25) is 0 Å². The molecule has 0 saturated heterocycles. The maximum atomic E-state index is 4.85. The molecule has 0 N–H and O–H groups in total. The number of hydrogen-bond acceptors (Lipinski definition) is 2. The predicted octanol–water partition coefficient (Wildman–Crippen LogP) is 13.7. The van der Waals surface area contributed by atoms with E-state index in [1.54, 1.807) is 0 Å². The van der Waals surface area contributed by atoms with E-state index >= 15 is 0 Å². The largest absolute Gasteiger partial charge is 0.308 e. The standard InChI is InChI=1S/C50H54N4/c1-5-9-13-35-17-21-47-43(25-35)44-26-36(14-10-6-2)18-22-48(44)53(47)41-29-39(31-51-33-41)40-30-42(34-52-32-40)54-49-23-19-37(15-11-7-3)27-45(49)46-28-38(16-12-8-4)20-24-50(46)54/h17-34H,5-16H2,1-4H3. The number of rotatable bonds is 15. The smallest absolute Gasteiger partial charge is 0.0651 e. The molecular weight excluding hydrogens is 657 g/mol. The van der Waals surface area contributed by atoms with Crippen molar-refractivity contribution in [1.29, 1.82) is 0 Å². The molecule has 4 nitrogen and oxygen atoms in total. The third kappa shape index (κ3) is 6.95. The lowest BCUT2D eigenvalue weighted by Crippen LogP contribution is -1.98. The Labute approximate surface area is 320 Å². The molecule has 4 aromatic carbocycles. The third-order valence-electron chi connectivity index (χ3n) is 11.4. The SMILES string of the molecule is CCCCc1ccc2c(c1)c1cc(CCCC)ccc1n2-c1cncc(-c2cncc(-n3c4ccc(CCCC)cc4c4cc(CCCC)ccc43)c2)c1. The number of nitrogens with zero attached hydrogens (tertiary/aromatic N) is 4. The first kappa shape index (κ1) is 35.8. The van der Waals surface area contributed by atoms with Crippen molar-refractivity contribution in [2.45, 2.75) is 105 Å². The molecule has 4 heterocycles. The molecule has 0 bridgehead atoms. The second kappa shape index (κ2) is 16.0. The number of unbranched alkanes of at least 4 members (excludes halogenated alkanes) is 4. The van der Waals surface area contributed by atoms with Gasteiger partial charge < -0.3 is 9.13 Å². The average molecular weight is 711 g/mol. The van der Waals surface area contributed by atoms with Gasteiger partial charge in [-0.15, -0.1) is 0 Å². The van der Waals surface area contributed by atoms with Crippen molar-refractivity contribution < 1.29 is 0 Å². The van der Waals surface area contributed by atoms with Crippen LogP contribution in [0, 0.1) is 0 Å². The van der Waals surface area contributed by atoms with E-state index in [1.807, 2.05) is 24.8 Å². The van der Waals surface area contributed by atoms with Crippen LogP contribution in [0.2, 0.25) is 0 Å². The van der Waals surface area contributed by atoms with Crippen molar-refractivity contribution in [2.75, 3.05) is 0 Å². The van der Waals surface area contributed by atoms with Gasteiger partial charge in [0, 0.05) is 45.1 Å². The summed E-state index contributed by atoms with van der Waals surface area (Å²) in [6, 6.07) is 32.9. The zero-order chi connectivity index (χ0) is 37.0. The Kier molecular flexibility index (Phi) is 10.6. The molecular formula is C50H54N4. The van der Waals surface area contributed by atoms with Crippen LogP contribution in [-0.4, -0.2) is 19.1 Å². The zero-order valence-corrected chi connectivity index (χ0v) is 32.7. The molecule has 274 valence electrons. The van der Waals surface area contributed by atoms with Gasteiger partial charge in [0.05, 0.1) is 45.8 Å². The van der Waals surface area contributed by atoms with E-state index in [4.69, 9.17) is 9.97 Å². The summed E-state index contributed by atoms with van der Waals surface area (Å²) in [7, 11) is 0. The number of pyridine rings is 2. The van der Waals surface area contributed by atoms with Gasteiger partial charge in [-0.05, 0) is 134 Å². The summed E-state index contributed by atoms with van der Waals surface area (Å²) in [6.07, 6.45) is 22.1. The average Bonchev–Trinajstić information content (AvgIpc) is 3.72.